The summed E-state index contributed by atoms with van der Waals surface area (Å²) in [6, 6.07) is 6.42. The van der Waals surface area contributed by atoms with E-state index >= 15 is 0 Å². The number of nitrogens with one attached hydrogen (secondary N) is 4. The quantitative estimate of drug-likeness (QED) is 0.246. The highest BCUT2D eigenvalue weighted by Gasteiger charge is 2.45. The molecule has 2 saturated heterocycles. The molecule has 3 amide bonds. The summed E-state index contributed by atoms with van der Waals surface area (Å²) in [5, 5.41) is 21.9. The molecule has 10 nitrogen and oxygen atoms in total. The van der Waals surface area contributed by atoms with Crippen LogP contribution in [0.3, 0.4) is 0 Å². The van der Waals surface area contributed by atoms with Crippen molar-refractivity contribution in [1.29, 1.82) is 0 Å². The van der Waals surface area contributed by atoms with E-state index in [1.807, 2.05) is 30.4 Å². The lowest BCUT2D eigenvalue weighted by molar-refractivity contribution is -0.158. The van der Waals surface area contributed by atoms with Gasteiger partial charge in [0.25, 0.3) is 5.91 Å². The van der Waals surface area contributed by atoms with Crippen LogP contribution in [0.15, 0.2) is 30.3 Å². The highest BCUT2D eigenvalue weighted by molar-refractivity contribution is 8.21. The number of rotatable bonds is 11. The second-order valence-electron chi connectivity index (χ2n) is 10.8. The van der Waals surface area contributed by atoms with Crippen molar-refractivity contribution in [2.24, 2.45) is 0 Å². The molecule has 0 aromatic heterocycles. The van der Waals surface area contributed by atoms with Gasteiger partial charge in [-0.2, -0.15) is 0 Å². The van der Waals surface area contributed by atoms with Crippen LogP contribution in [0.2, 0.25) is 0 Å². The van der Waals surface area contributed by atoms with Crippen molar-refractivity contribution < 1.29 is 29.0 Å². The molecule has 0 aliphatic carbocycles. The van der Waals surface area contributed by atoms with E-state index in [1.54, 1.807) is 51.1 Å². The zero-order valence-corrected chi connectivity index (χ0v) is 24.6. The normalized spacial score (nSPS) is 20.6. The topological polar surface area (TPSA) is 146 Å². The van der Waals surface area contributed by atoms with Crippen LogP contribution in [0.5, 0.6) is 0 Å². The first kappa shape index (κ1) is 31.3. The molecule has 2 aliphatic heterocycles. The molecular weight excluding hydrogens is 540 g/mol. The molecule has 1 spiro atoms. The number of carbonyl (C=O) groups is 4. The number of aliphatic hydroxyl groups is 1. The predicted molar refractivity (Wildman–Crippen MR) is 153 cm³/mol. The second kappa shape index (κ2) is 13.9. The number of hydrogen-bond acceptors (Lipinski definition) is 9. The van der Waals surface area contributed by atoms with E-state index in [4.69, 9.17) is 4.74 Å². The fraction of sp³-hybridized carbons (Fsp3) is 0.630. The minimum Gasteiger partial charge on any atom is -0.458 e. The number of amides is 3. The lowest BCUT2D eigenvalue weighted by Gasteiger charge is -2.26. The molecule has 0 bridgehead atoms. The van der Waals surface area contributed by atoms with Gasteiger partial charge in [0.1, 0.15) is 5.60 Å². The van der Waals surface area contributed by atoms with E-state index in [0.717, 1.165) is 18.1 Å². The lowest BCUT2D eigenvalue weighted by atomic mass is 10.0. The van der Waals surface area contributed by atoms with Gasteiger partial charge in [0.05, 0.1) is 22.7 Å². The molecule has 0 saturated carbocycles. The SMILES string of the molecule is CCCC(NC(=O)C1CC2(CN1)SCCS2)C(O)C(=O)NCC(=O)N[C@H](C(=O)OC(C)(C)C)c1ccccc1. The number of carbonyl (C=O) groups excluding carboxylic acids is 4. The third-order valence-electron chi connectivity index (χ3n) is 6.34. The summed E-state index contributed by atoms with van der Waals surface area (Å²) in [5.41, 5.74) is -0.219. The molecule has 1 aromatic carbocycles. The van der Waals surface area contributed by atoms with Crippen LogP contribution in [0, 0.1) is 0 Å². The molecule has 12 heteroatoms. The zero-order chi connectivity index (χ0) is 28.6. The maximum absolute atomic E-state index is 12.9. The van der Waals surface area contributed by atoms with Gasteiger partial charge >= 0.3 is 5.97 Å². The standard InChI is InChI=1S/C27H40N4O6S2/c1-5-9-18(30-23(34)19-14-27(16-29-19)38-12-13-39-27)22(33)24(35)28-15-20(32)31-21(17-10-7-6-8-11-17)25(36)37-26(2,3)4/h6-8,10-11,18-19,21-22,29,33H,5,9,12-16H2,1-4H3,(H,28,35)(H,30,34)(H,31,32)/t18?,19?,21-,22?/m0/s1. The van der Waals surface area contributed by atoms with Crippen LogP contribution < -0.4 is 21.3 Å². The van der Waals surface area contributed by atoms with Crippen LogP contribution in [0.1, 0.15) is 58.6 Å². The Morgan fingerprint density at radius 2 is 1.79 bits per heavy atom. The monoisotopic (exact) mass is 580 g/mol. The maximum Gasteiger partial charge on any atom is 0.333 e. The van der Waals surface area contributed by atoms with E-state index in [-0.39, 0.29) is 16.0 Å². The van der Waals surface area contributed by atoms with Gasteiger partial charge in [0.2, 0.25) is 11.8 Å². The minimum atomic E-state index is -1.54. The number of aliphatic hydroxyl groups excluding tert-OH is 1. The zero-order valence-electron chi connectivity index (χ0n) is 23.0. The summed E-state index contributed by atoms with van der Waals surface area (Å²) >= 11 is 3.74. The fourth-order valence-corrected chi connectivity index (χ4v) is 7.67. The molecule has 1 aromatic rings. The predicted octanol–water partition coefficient (Wildman–Crippen LogP) is 1.49. The Bertz CT molecular complexity index is 1010. The van der Waals surface area contributed by atoms with Crippen LogP contribution in [0.4, 0.5) is 0 Å². The summed E-state index contributed by atoms with van der Waals surface area (Å²) in [7, 11) is 0. The largest absolute Gasteiger partial charge is 0.458 e. The Labute approximate surface area is 238 Å². The average molecular weight is 581 g/mol. The summed E-state index contributed by atoms with van der Waals surface area (Å²) in [6.07, 6.45) is 0.180. The Balaban J connectivity index is 1.55. The Hall–Kier alpha value is -2.28. The van der Waals surface area contributed by atoms with Gasteiger partial charge in [-0.05, 0) is 39.2 Å². The van der Waals surface area contributed by atoms with Crippen molar-refractivity contribution in [2.45, 2.75) is 80.9 Å². The third kappa shape index (κ3) is 9.12. The van der Waals surface area contributed by atoms with Crippen molar-refractivity contribution in [3.8, 4) is 0 Å². The number of ether oxygens (including phenoxy) is 1. The van der Waals surface area contributed by atoms with Crippen LogP contribution in [0.25, 0.3) is 0 Å². The molecule has 3 unspecified atom stereocenters. The van der Waals surface area contributed by atoms with Gasteiger partial charge in [0.15, 0.2) is 12.1 Å². The molecule has 39 heavy (non-hydrogen) atoms. The maximum atomic E-state index is 12.9. The second-order valence-corrected chi connectivity index (χ2v) is 14.0. The minimum absolute atomic E-state index is 0.0164. The van der Waals surface area contributed by atoms with Gasteiger partial charge < -0.3 is 31.1 Å². The lowest BCUT2D eigenvalue weighted by Crippen LogP contribution is -2.54. The summed E-state index contributed by atoms with van der Waals surface area (Å²) in [4.78, 5) is 51.2. The summed E-state index contributed by atoms with van der Waals surface area (Å²) in [6.45, 7) is 7.37. The van der Waals surface area contributed by atoms with Crippen LogP contribution in [-0.4, -0.2) is 81.3 Å². The van der Waals surface area contributed by atoms with Crippen molar-refractivity contribution in [3.05, 3.63) is 35.9 Å². The van der Waals surface area contributed by atoms with E-state index in [1.165, 1.54) is 0 Å². The van der Waals surface area contributed by atoms with Gasteiger partial charge in [-0.1, -0.05) is 43.7 Å². The Morgan fingerprint density at radius 1 is 1.13 bits per heavy atom. The van der Waals surface area contributed by atoms with Gasteiger partial charge in [0, 0.05) is 18.1 Å². The highest BCUT2D eigenvalue weighted by Crippen LogP contribution is 2.49. The van der Waals surface area contributed by atoms with E-state index in [2.05, 4.69) is 21.3 Å². The number of esters is 1. The van der Waals surface area contributed by atoms with Gasteiger partial charge in [-0.25, -0.2) is 4.79 Å². The molecule has 2 aliphatic rings. The smallest absolute Gasteiger partial charge is 0.333 e. The van der Waals surface area contributed by atoms with Crippen molar-refractivity contribution >= 4 is 47.2 Å². The molecular formula is C27H40N4O6S2. The van der Waals surface area contributed by atoms with Crippen molar-refractivity contribution in [3.63, 3.8) is 0 Å². The van der Waals surface area contributed by atoms with Crippen molar-refractivity contribution in [1.82, 2.24) is 21.3 Å². The first-order chi connectivity index (χ1) is 18.4. The summed E-state index contributed by atoms with van der Waals surface area (Å²) < 4.78 is 5.47. The van der Waals surface area contributed by atoms with E-state index in [0.29, 0.717) is 24.8 Å². The molecule has 216 valence electrons. The van der Waals surface area contributed by atoms with Crippen LogP contribution >= 0.6 is 23.5 Å². The average Bonchev–Trinajstić information content (AvgIpc) is 3.54. The molecule has 2 fully saturated rings. The first-order valence-corrected chi connectivity index (χ1v) is 15.2. The highest BCUT2D eigenvalue weighted by atomic mass is 32.2. The third-order valence-corrected chi connectivity index (χ3v) is 9.80. The molecule has 5 N–H and O–H groups in total. The van der Waals surface area contributed by atoms with E-state index < -0.39 is 48.1 Å². The molecule has 2 heterocycles. The summed E-state index contributed by atoms with van der Waals surface area (Å²) in [5.74, 6) is -0.152. The first-order valence-electron chi connectivity index (χ1n) is 13.3. The Kier molecular flexibility index (Phi) is 11.1. The van der Waals surface area contributed by atoms with E-state index in [9.17, 15) is 24.3 Å². The number of thioether (sulfide) groups is 2. The number of hydrogen-bond donors (Lipinski definition) is 5. The molecule has 0 radical (unpaired) electrons. The fourth-order valence-electron chi connectivity index (χ4n) is 4.49. The van der Waals surface area contributed by atoms with Crippen molar-refractivity contribution in [2.75, 3.05) is 24.6 Å². The molecule has 4 atom stereocenters. The van der Waals surface area contributed by atoms with Gasteiger partial charge in [-0.3, -0.25) is 14.4 Å². The number of benzene rings is 1. The Morgan fingerprint density at radius 3 is 2.41 bits per heavy atom. The molecule has 3 rings (SSSR count). The van der Waals surface area contributed by atoms with Crippen LogP contribution in [-0.2, 0) is 23.9 Å². The van der Waals surface area contributed by atoms with Gasteiger partial charge in [-0.15, -0.1) is 23.5 Å².